The number of hydrogen-bond acceptors (Lipinski definition) is 3. The molecule has 74 valence electrons. The van der Waals surface area contributed by atoms with E-state index in [1.807, 2.05) is 0 Å². The summed E-state index contributed by atoms with van der Waals surface area (Å²) in [4.78, 5) is 11.0. The molecule has 0 radical (unpaired) electrons. The molecule has 4 rings (SSSR count). The maximum absolute atomic E-state index is 11.0. The molecular weight excluding hydrogens is 180 g/mol. The van der Waals surface area contributed by atoms with Crippen molar-refractivity contribution in [2.24, 2.45) is 23.7 Å². The van der Waals surface area contributed by atoms with Crippen molar-refractivity contribution < 1.29 is 14.3 Å². The Bertz CT molecular complexity index is 335. The number of allylic oxidation sites excluding steroid dienone is 2. The lowest BCUT2D eigenvalue weighted by Crippen LogP contribution is -2.38. The first kappa shape index (κ1) is 7.32. The summed E-state index contributed by atoms with van der Waals surface area (Å²) in [6.07, 6.45) is 6.66. The predicted molar refractivity (Wildman–Crippen MR) is 47.5 cm³/mol. The van der Waals surface area contributed by atoms with E-state index in [9.17, 15) is 4.79 Å². The van der Waals surface area contributed by atoms with Gasteiger partial charge < -0.3 is 9.47 Å². The van der Waals surface area contributed by atoms with Crippen LogP contribution in [-0.4, -0.2) is 18.4 Å². The van der Waals surface area contributed by atoms with Crippen molar-refractivity contribution in [3.8, 4) is 0 Å². The Kier molecular flexibility index (Phi) is 1.13. The molecule has 2 bridgehead atoms. The molecule has 1 saturated heterocycles. The van der Waals surface area contributed by atoms with Crippen molar-refractivity contribution in [2.75, 3.05) is 0 Å². The molecule has 1 heterocycles. The minimum atomic E-state index is -0.446. The zero-order valence-corrected chi connectivity index (χ0v) is 7.76. The zero-order valence-electron chi connectivity index (χ0n) is 7.76. The minimum absolute atomic E-state index is 0.0662. The van der Waals surface area contributed by atoms with Gasteiger partial charge >= 0.3 is 6.16 Å². The number of ether oxygens (including phenoxy) is 2. The van der Waals surface area contributed by atoms with E-state index in [4.69, 9.17) is 9.47 Å². The third kappa shape index (κ3) is 0.656. The highest BCUT2D eigenvalue weighted by molar-refractivity contribution is 5.63. The normalized spacial score (nSPS) is 57.0. The van der Waals surface area contributed by atoms with Gasteiger partial charge in [0.05, 0.1) is 0 Å². The van der Waals surface area contributed by atoms with Gasteiger partial charge in [0.2, 0.25) is 0 Å². The van der Waals surface area contributed by atoms with Crippen LogP contribution in [0.5, 0.6) is 0 Å². The highest BCUT2D eigenvalue weighted by Crippen LogP contribution is 2.59. The first-order valence-electron chi connectivity index (χ1n) is 5.38. The maximum Gasteiger partial charge on any atom is 0.509 e. The fourth-order valence-electron chi connectivity index (χ4n) is 4.04. The first-order valence-corrected chi connectivity index (χ1v) is 5.38. The summed E-state index contributed by atoms with van der Waals surface area (Å²) in [6, 6.07) is 0. The minimum Gasteiger partial charge on any atom is -0.427 e. The van der Waals surface area contributed by atoms with Crippen molar-refractivity contribution in [3.05, 3.63) is 12.2 Å². The van der Waals surface area contributed by atoms with Crippen LogP contribution in [0.25, 0.3) is 0 Å². The molecule has 3 aliphatic carbocycles. The van der Waals surface area contributed by atoms with Crippen LogP contribution in [0.4, 0.5) is 4.79 Å². The monoisotopic (exact) mass is 192 g/mol. The largest absolute Gasteiger partial charge is 0.509 e. The van der Waals surface area contributed by atoms with Gasteiger partial charge in [-0.1, -0.05) is 12.2 Å². The molecule has 14 heavy (non-hydrogen) atoms. The van der Waals surface area contributed by atoms with Crippen LogP contribution < -0.4 is 0 Å². The Hall–Kier alpha value is -0.990. The quantitative estimate of drug-likeness (QED) is 0.433. The van der Waals surface area contributed by atoms with Gasteiger partial charge in [-0.15, -0.1) is 0 Å². The highest BCUT2D eigenvalue weighted by Gasteiger charge is 2.63. The van der Waals surface area contributed by atoms with Crippen LogP contribution in [0, 0.1) is 23.7 Å². The van der Waals surface area contributed by atoms with E-state index in [2.05, 4.69) is 12.2 Å². The lowest BCUT2D eigenvalue weighted by Gasteiger charge is -2.30. The van der Waals surface area contributed by atoms with Gasteiger partial charge in [-0.05, 0) is 24.7 Å². The van der Waals surface area contributed by atoms with Crippen molar-refractivity contribution in [1.82, 2.24) is 0 Å². The number of carbonyl (C=O) groups is 1. The second-order valence-corrected chi connectivity index (χ2v) is 4.88. The number of hydrogen-bond donors (Lipinski definition) is 0. The molecule has 2 saturated carbocycles. The van der Waals surface area contributed by atoms with Gasteiger partial charge in [0.15, 0.2) is 0 Å². The molecule has 0 amide bonds. The van der Waals surface area contributed by atoms with Crippen molar-refractivity contribution in [3.63, 3.8) is 0 Å². The predicted octanol–water partition coefficient (Wildman–Crippen LogP) is 1.73. The number of rotatable bonds is 0. The molecule has 6 atom stereocenters. The third-order valence-electron chi connectivity index (χ3n) is 4.48. The van der Waals surface area contributed by atoms with Crippen LogP contribution in [0.3, 0.4) is 0 Å². The molecule has 0 N–H and O–H groups in total. The molecular formula is C11H12O3. The van der Waals surface area contributed by atoms with Gasteiger partial charge in [0.1, 0.15) is 12.2 Å². The van der Waals surface area contributed by atoms with Crippen molar-refractivity contribution >= 4 is 6.16 Å². The standard InChI is InChI=1S/C11H12O3/c12-11-13-9-7-4-8(10(9)14-11)6-3-1-2-5(6)7/h1-2,5-10H,3-4H2/t5-,6+,7+,8-,9+,10-/m1/s1. The summed E-state index contributed by atoms with van der Waals surface area (Å²) >= 11 is 0. The van der Waals surface area contributed by atoms with E-state index in [0.29, 0.717) is 17.8 Å². The Labute approximate surface area is 82.1 Å². The molecule has 0 aromatic rings. The zero-order chi connectivity index (χ0) is 9.28. The highest BCUT2D eigenvalue weighted by atomic mass is 16.8. The van der Waals surface area contributed by atoms with Crippen LogP contribution in [-0.2, 0) is 9.47 Å². The SMILES string of the molecule is O=C1O[C@@H]2[C@@H]3C[C@@H]([C@@H]4C=CC[C@@H]43)[C@@H]2O1. The van der Waals surface area contributed by atoms with Crippen molar-refractivity contribution in [1.29, 1.82) is 0 Å². The van der Waals surface area contributed by atoms with E-state index >= 15 is 0 Å². The molecule has 0 aromatic heterocycles. The number of carbonyl (C=O) groups excluding carboxylic acids is 1. The molecule has 3 nitrogen and oxygen atoms in total. The van der Waals surface area contributed by atoms with Crippen molar-refractivity contribution in [2.45, 2.75) is 25.0 Å². The fourth-order valence-corrected chi connectivity index (χ4v) is 4.04. The Morgan fingerprint density at radius 2 is 1.93 bits per heavy atom. The fraction of sp³-hybridized carbons (Fsp3) is 0.727. The molecule has 1 aliphatic heterocycles. The Balaban J connectivity index is 1.73. The average molecular weight is 192 g/mol. The van der Waals surface area contributed by atoms with Gasteiger partial charge in [-0.3, -0.25) is 0 Å². The summed E-state index contributed by atoms with van der Waals surface area (Å²) in [5.41, 5.74) is 0. The van der Waals surface area contributed by atoms with Gasteiger partial charge in [0.25, 0.3) is 0 Å². The number of fused-ring (bicyclic) bond motifs is 8. The second-order valence-electron chi connectivity index (χ2n) is 4.88. The van der Waals surface area contributed by atoms with Crippen LogP contribution in [0.1, 0.15) is 12.8 Å². The first-order chi connectivity index (χ1) is 6.84. The van der Waals surface area contributed by atoms with Crippen LogP contribution >= 0.6 is 0 Å². The molecule has 3 fully saturated rings. The lowest BCUT2D eigenvalue weighted by molar-refractivity contribution is 0.0524. The van der Waals surface area contributed by atoms with E-state index in [1.54, 1.807) is 0 Å². The molecule has 0 spiro atoms. The van der Waals surface area contributed by atoms with Gasteiger partial charge in [-0.25, -0.2) is 4.79 Å². The van der Waals surface area contributed by atoms with E-state index in [0.717, 1.165) is 5.92 Å². The Morgan fingerprint density at radius 1 is 1.14 bits per heavy atom. The molecule has 0 aromatic carbocycles. The topological polar surface area (TPSA) is 35.5 Å². The summed E-state index contributed by atoms with van der Waals surface area (Å²) in [5, 5.41) is 0. The lowest BCUT2D eigenvalue weighted by atomic mass is 9.78. The summed E-state index contributed by atoms with van der Waals surface area (Å²) in [6.45, 7) is 0. The van der Waals surface area contributed by atoms with Crippen LogP contribution in [0.15, 0.2) is 12.2 Å². The maximum atomic E-state index is 11.0. The average Bonchev–Trinajstić information content (AvgIpc) is 2.73. The van der Waals surface area contributed by atoms with E-state index in [-0.39, 0.29) is 12.2 Å². The molecule has 4 aliphatic rings. The Morgan fingerprint density at radius 3 is 2.79 bits per heavy atom. The molecule has 3 heteroatoms. The second kappa shape index (κ2) is 2.15. The third-order valence-corrected chi connectivity index (χ3v) is 4.48. The van der Waals surface area contributed by atoms with Crippen LogP contribution in [0.2, 0.25) is 0 Å². The molecule has 0 unspecified atom stereocenters. The van der Waals surface area contributed by atoms with Gasteiger partial charge in [0, 0.05) is 11.8 Å². The van der Waals surface area contributed by atoms with E-state index < -0.39 is 6.16 Å². The van der Waals surface area contributed by atoms with E-state index in [1.165, 1.54) is 12.8 Å². The summed E-state index contributed by atoms with van der Waals surface area (Å²) in [7, 11) is 0. The van der Waals surface area contributed by atoms with Gasteiger partial charge in [-0.2, -0.15) is 0 Å². The smallest absolute Gasteiger partial charge is 0.427 e. The summed E-state index contributed by atoms with van der Waals surface area (Å²) < 4.78 is 10.5. The summed E-state index contributed by atoms with van der Waals surface area (Å²) in [5.74, 6) is 2.50.